The summed E-state index contributed by atoms with van der Waals surface area (Å²) in [5, 5.41) is 0. The Morgan fingerprint density at radius 1 is 1.17 bits per heavy atom. The number of hydrogen-bond acceptors (Lipinski definition) is 5. The van der Waals surface area contributed by atoms with E-state index in [1.54, 1.807) is 12.1 Å². The standard InChI is InChI=1S/C16H19N3O4/c1-18-6-8-19(9-7-18)15(21)5-4-13(20)11-2-3-12-14(10-11)23-16(22)17-12/h2-3,10H,4-9H2,1H3,(H,17,22). The maximum absolute atomic E-state index is 12.2. The molecule has 0 atom stereocenters. The second-order valence-electron chi connectivity index (χ2n) is 5.83. The Bertz CT molecular complexity index is 784. The fourth-order valence-corrected chi connectivity index (χ4v) is 2.70. The summed E-state index contributed by atoms with van der Waals surface area (Å²) in [4.78, 5) is 42.0. The molecule has 0 saturated carbocycles. The molecule has 23 heavy (non-hydrogen) atoms. The molecule has 1 amide bonds. The Morgan fingerprint density at radius 3 is 2.65 bits per heavy atom. The molecule has 1 aromatic heterocycles. The highest BCUT2D eigenvalue weighted by molar-refractivity contribution is 6.00. The molecule has 1 fully saturated rings. The first-order valence-electron chi connectivity index (χ1n) is 7.65. The third-order valence-electron chi connectivity index (χ3n) is 4.16. The van der Waals surface area contributed by atoms with E-state index in [0.29, 0.717) is 29.8 Å². The molecule has 0 spiro atoms. The van der Waals surface area contributed by atoms with Crippen molar-refractivity contribution in [3.8, 4) is 0 Å². The molecule has 0 bridgehead atoms. The smallest absolute Gasteiger partial charge is 0.408 e. The number of Topliss-reactive ketones (excluding diaryl/α,β-unsaturated/α-hetero) is 1. The molecule has 2 heterocycles. The third-order valence-corrected chi connectivity index (χ3v) is 4.16. The number of benzene rings is 1. The van der Waals surface area contributed by atoms with Gasteiger partial charge in [0.15, 0.2) is 11.4 Å². The first-order chi connectivity index (χ1) is 11.0. The van der Waals surface area contributed by atoms with Crippen LogP contribution in [0.25, 0.3) is 11.1 Å². The van der Waals surface area contributed by atoms with Gasteiger partial charge in [-0.15, -0.1) is 0 Å². The van der Waals surface area contributed by atoms with Gasteiger partial charge in [0.05, 0.1) is 5.52 Å². The van der Waals surface area contributed by atoms with Crippen LogP contribution in [-0.2, 0) is 4.79 Å². The lowest BCUT2D eigenvalue weighted by atomic mass is 10.1. The third kappa shape index (κ3) is 3.50. The van der Waals surface area contributed by atoms with E-state index in [4.69, 9.17) is 4.42 Å². The number of rotatable bonds is 4. The highest BCUT2D eigenvalue weighted by Gasteiger charge is 2.20. The summed E-state index contributed by atoms with van der Waals surface area (Å²) in [5.74, 6) is -0.659. The van der Waals surface area contributed by atoms with Gasteiger partial charge < -0.3 is 14.2 Å². The number of likely N-dealkylation sites (N-methyl/N-ethyl adjacent to an activating group) is 1. The number of nitrogens with one attached hydrogen (secondary N) is 1. The van der Waals surface area contributed by atoms with Crippen LogP contribution in [0, 0.1) is 0 Å². The molecule has 1 aromatic carbocycles. The minimum absolute atomic E-state index is 0.0145. The molecule has 3 rings (SSSR count). The van der Waals surface area contributed by atoms with Gasteiger partial charge in [0.2, 0.25) is 5.91 Å². The molecular weight excluding hydrogens is 298 g/mol. The largest absolute Gasteiger partial charge is 0.417 e. The average Bonchev–Trinajstić information content (AvgIpc) is 2.92. The minimum Gasteiger partial charge on any atom is -0.408 e. The van der Waals surface area contributed by atoms with E-state index in [0.717, 1.165) is 13.1 Å². The van der Waals surface area contributed by atoms with Crippen LogP contribution < -0.4 is 5.76 Å². The van der Waals surface area contributed by atoms with Gasteiger partial charge in [-0.3, -0.25) is 14.6 Å². The summed E-state index contributed by atoms with van der Waals surface area (Å²) < 4.78 is 4.95. The van der Waals surface area contributed by atoms with Crippen molar-refractivity contribution in [1.82, 2.24) is 14.8 Å². The molecule has 7 nitrogen and oxygen atoms in total. The summed E-state index contributed by atoms with van der Waals surface area (Å²) in [5.41, 5.74) is 1.36. The Kier molecular flexibility index (Phi) is 4.29. The Morgan fingerprint density at radius 2 is 1.91 bits per heavy atom. The van der Waals surface area contributed by atoms with Crippen LogP contribution in [0.4, 0.5) is 0 Å². The first kappa shape index (κ1) is 15.5. The molecule has 1 saturated heterocycles. The number of aromatic amines is 1. The number of piperazine rings is 1. The number of fused-ring (bicyclic) bond motifs is 1. The number of H-pyrrole nitrogens is 1. The molecule has 0 unspecified atom stereocenters. The van der Waals surface area contributed by atoms with Gasteiger partial charge in [0.1, 0.15) is 0 Å². The predicted octanol–water partition coefficient (Wildman–Crippen LogP) is 0.858. The minimum atomic E-state index is -0.546. The van der Waals surface area contributed by atoms with Crippen molar-refractivity contribution in [1.29, 1.82) is 0 Å². The predicted molar refractivity (Wildman–Crippen MR) is 84.5 cm³/mol. The Labute approximate surface area is 132 Å². The van der Waals surface area contributed by atoms with Crippen LogP contribution in [0.15, 0.2) is 27.4 Å². The molecule has 122 valence electrons. The van der Waals surface area contributed by atoms with Crippen molar-refractivity contribution in [3.63, 3.8) is 0 Å². The van der Waals surface area contributed by atoms with Crippen molar-refractivity contribution in [2.24, 2.45) is 0 Å². The maximum Gasteiger partial charge on any atom is 0.417 e. The molecule has 1 aliphatic heterocycles. The number of nitrogens with zero attached hydrogens (tertiary/aromatic N) is 2. The van der Waals surface area contributed by atoms with Crippen molar-refractivity contribution in [2.45, 2.75) is 12.8 Å². The number of carbonyl (C=O) groups is 2. The normalized spacial score (nSPS) is 16.0. The molecule has 2 aromatic rings. The van der Waals surface area contributed by atoms with Gasteiger partial charge in [-0.05, 0) is 25.2 Å². The number of hydrogen-bond donors (Lipinski definition) is 1. The van der Waals surface area contributed by atoms with Crippen LogP contribution in [0.3, 0.4) is 0 Å². The van der Waals surface area contributed by atoms with E-state index in [1.807, 2.05) is 11.9 Å². The lowest BCUT2D eigenvalue weighted by molar-refractivity contribution is -0.132. The Hall–Kier alpha value is -2.41. The molecule has 7 heteroatoms. The molecule has 0 aliphatic carbocycles. The van der Waals surface area contributed by atoms with Gasteiger partial charge in [0, 0.05) is 44.6 Å². The maximum atomic E-state index is 12.2. The Balaban J connectivity index is 1.59. The van der Waals surface area contributed by atoms with Crippen molar-refractivity contribution < 1.29 is 14.0 Å². The quantitative estimate of drug-likeness (QED) is 0.845. The van der Waals surface area contributed by atoms with Gasteiger partial charge in [-0.25, -0.2) is 4.79 Å². The van der Waals surface area contributed by atoms with Gasteiger partial charge in [-0.2, -0.15) is 0 Å². The number of aromatic nitrogens is 1. The van der Waals surface area contributed by atoms with Crippen LogP contribution in [-0.4, -0.2) is 59.7 Å². The van der Waals surface area contributed by atoms with Crippen LogP contribution in [0.1, 0.15) is 23.2 Å². The van der Waals surface area contributed by atoms with Crippen LogP contribution >= 0.6 is 0 Å². The zero-order valence-corrected chi connectivity index (χ0v) is 13.0. The van der Waals surface area contributed by atoms with E-state index >= 15 is 0 Å². The second kappa shape index (κ2) is 6.37. The van der Waals surface area contributed by atoms with E-state index in [2.05, 4.69) is 9.88 Å². The summed E-state index contributed by atoms with van der Waals surface area (Å²) in [6.07, 6.45) is 0.364. The molecular formula is C16H19N3O4. The zero-order chi connectivity index (χ0) is 16.4. The van der Waals surface area contributed by atoms with Crippen molar-refractivity contribution >= 4 is 22.8 Å². The highest BCUT2D eigenvalue weighted by atomic mass is 16.4. The van der Waals surface area contributed by atoms with E-state index < -0.39 is 5.76 Å². The van der Waals surface area contributed by atoms with Gasteiger partial charge in [0.25, 0.3) is 0 Å². The van der Waals surface area contributed by atoms with Crippen LogP contribution in [0.5, 0.6) is 0 Å². The summed E-state index contributed by atoms with van der Waals surface area (Å²) in [6, 6.07) is 4.81. The number of oxazole rings is 1. The summed E-state index contributed by atoms with van der Waals surface area (Å²) in [6.45, 7) is 3.15. The van der Waals surface area contributed by atoms with E-state index in [-0.39, 0.29) is 24.5 Å². The van der Waals surface area contributed by atoms with E-state index in [1.165, 1.54) is 6.07 Å². The molecule has 0 radical (unpaired) electrons. The molecule has 1 aliphatic rings. The molecule has 1 N–H and O–H groups in total. The lowest BCUT2D eigenvalue weighted by Crippen LogP contribution is -2.47. The first-order valence-corrected chi connectivity index (χ1v) is 7.65. The number of amides is 1. The van der Waals surface area contributed by atoms with Crippen molar-refractivity contribution in [2.75, 3.05) is 33.2 Å². The SMILES string of the molecule is CN1CCN(C(=O)CCC(=O)c2ccc3[nH]c(=O)oc3c2)CC1. The topological polar surface area (TPSA) is 86.6 Å². The summed E-state index contributed by atoms with van der Waals surface area (Å²) in [7, 11) is 2.03. The number of ketones is 1. The average molecular weight is 317 g/mol. The second-order valence-corrected chi connectivity index (χ2v) is 5.83. The monoisotopic (exact) mass is 317 g/mol. The zero-order valence-electron chi connectivity index (χ0n) is 13.0. The highest BCUT2D eigenvalue weighted by Crippen LogP contribution is 2.15. The van der Waals surface area contributed by atoms with Crippen LogP contribution in [0.2, 0.25) is 0 Å². The van der Waals surface area contributed by atoms with Gasteiger partial charge >= 0.3 is 5.76 Å². The fourth-order valence-electron chi connectivity index (χ4n) is 2.70. The van der Waals surface area contributed by atoms with E-state index in [9.17, 15) is 14.4 Å². The van der Waals surface area contributed by atoms with Crippen molar-refractivity contribution in [3.05, 3.63) is 34.3 Å². The fraction of sp³-hybridized carbons (Fsp3) is 0.438. The lowest BCUT2D eigenvalue weighted by Gasteiger charge is -2.32. The van der Waals surface area contributed by atoms with Gasteiger partial charge in [-0.1, -0.05) is 0 Å². The number of carbonyl (C=O) groups excluding carboxylic acids is 2. The summed E-state index contributed by atoms with van der Waals surface area (Å²) >= 11 is 0.